The number of benzene rings is 1. The van der Waals surface area contributed by atoms with Crippen molar-refractivity contribution in [1.82, 2.24) is 4.98 Å². The Morgan fingerprint density at radius 2 is 2.35 bits per heavy atom. The minimum Gasteiger partial charge on any atom is -0.496 e. The average molecular weight is 268 g/mol. The van der Waals surface area contributed by atoms with Crippen molar-refractivity contribution in [2.75, 3.05) is 7.11 Å². The molecule has 0 amide bonds. The lowest BCUT2D eigenvalue weighted by molar-refractivity contribution is 0.112. The number of rotatable bonds is 4. The Kier molecular flexibility index (Phi) is 3.76. The van der Waals surface area contributed by atoms with Crippen molar-refractivity contribution in [2.24, 2.45) is 0 Å². The van der Waals surface area contributed by atoms with Gasteiger partial charge in [0.05, 0.1) is 17.0 Å². The number of hydrogen-bond donors (Lipinski definition) is 0. The van der Waals surface area contributed by atoms with Crippen LogP contribution in [0.4, 0.5) is 0 Å². The fourth-order valence-corrected chi connectivity index (χ4v) is 2.46. The predicted molar refractivity (Wildman–Crippen MR) is 68.3 cm³/mol. The van der Waals surface area contributed by atoms with Gasteiger partial charge in [0.2, 0.25) is 0 Å². The van der Waals surface area contributed by atoms with E-state index in [1.807, 2.05) is 12.1 Å². The van der Waals surface area contributed by atoms with Crippen molar-refractivity contribution in [1.29, 1.82) is 0 Å². The first-order valence-corrected chi connectivity index (χ1v) is 6.14. The van der Waals surface area contributed by atoms with Crippen LogP contribution in [0, 0.1) is 0 Å². The Morgan fingerprint density at radius 3 is 3.00 bits per heavy atom. The average Bonchev–Trinajstić information content (AvgIpc) is 2.77. The molecular weight excluding hydrogens is 258 g/mol. The molecule has 1 aromatic carbocycles. The zero-order valence-electron chi connectivity index (χ0n) is 9.14. The van der Waals surface area contributed by atoms with E-state index in [4.69, 9.17) is 16.3 Å². The molecule has 0 radical (unpaired) electrons. The minimum atomic E-state index is 0.613. The molecule has 0 saturated heterocycles. The quantitative estimate of drug-likeness (QED) is 0.799. The number of thiazole rings is 1. The van der Waals surface area contributed by atoms with Gasteiger partial charge in [-0.25, -0.2) is 4.98 Å². The minimum absolute atomic E-state index is 0.613. The number of carbonyl (C=O) groups excluding carboxylic acids is 1. The van der Waals surface area contributed by atoms with E-state index in [1.54, 1.807) is 19.4 Å². The number of aromatic nitrogens is 1. The normalized spacial score (nSPS) is 10.2. The third kappa shape index (κ3) is 2.84. The van der Waals surface area contributed by atoms with Crippen LogP contribution in [-0.4, -0.2) is 18.4 Å². The van der Waals surface area contributed by atoms with E-state index in [2.05, 4.69) is 4.98 Å². The summed E-state index contributed by atoms with van der Waals surface area (Å²) in [5.74, 6) is 0.775. The van der Waals surface area contributed by atoms with Gasteiger partial charge in [0.1, 0.15) is 5.75 Å². The lowest BCUT2D eigenvalue weighted by atomic mass is 10.1. The second kappa shape index (κ2) is 5.29. The molecule has 0 spiro atoms. The highest BCUT2D eigenvalue weighted by Gasteiger charge is 2.08. The van der Waals surface area contributed by atoms with Crippen molar-refractivity contribution >= 4 is 29.2 Å². The second-order valence-corrected chi connectivity index (χ2v) is 4.99. The van der Waals surface area contributed by atoms with Crippen LogP contribution < -0.4 is 4.74 Å². The van der Waals surface area contributed by atoms with E-state index in [1.165, 1.54) is 11.3 Å². The lowest BCUT2D eigenvalue weighted by Crippen LogP contribution is -1.93. The van der Waals surface area contributed by atoms with E-state index in [9.17, 15) is 4.79 Å². The maximum atomic E-state index is 10.6. The van der Waals surface area contributed by atoms with Crippen molar-refractivity contribution < 1.29 is 9.53 Å². The summed E-state index contributed by atoms with van der Waals surface area (Å²) in [5, 5.41) is 1.53. The predicted octanol–water partition coefficient (Wildman–Crippen LogP) is 3.21. The summed E-state index contributed by atoms with van der Waals surface area (Å²) in [4.78, 5) is 15.4. The van der Waals surface area contributed by atoms with Gasteiger partial charge in [0.15, 0.2) is 6.29 Å². The Morgan fingerprint density at radius 1 is 1.53 bits per heavy atom. The first kappa shape index (κ1) is 12.1. The van der Waals surface area contributed by atoms with Crippen LogP contribution in [0.3, 0.4) is 0 Å². The monoisotopic (exact) mass is 267 g/mol. The first-order chi connectivity index (χ1) is 8.22. The number of carbonyl (C=O) groups is 1. The van der Waals surface area contributed by atoms with Crippen molar-refractivity contribution in [2.45, 2.75) is 6.42 Å². The summed E-state index contributed by atoms with van der Waals surface area (Å²) in [7, 11) is 1.62. The maximum absolute atomic E-state index is 10.6. The molecule has 0 saturated carbocycles. The SMILES string of the molecule is COc1ccc(Cl)cc1Cc1ncc(C=O)s1. The van der Waals surface area contributed by atoms with Gasteiger partial charge in [-0.2, -0.15) is 0 Å². The molecule has 0 aliphatic rings. The fraction of sp³-hybridized carbons (Fsp3) is 0.167. The van der Waals surface area contributed by atoms with E-state index in [0.717, 1.165) is 22.6 Å². The molecule has 0 aliphatic heterocycles. The van der Waals surface area contributed by atoms with E-state index < -0.39 is 0 Å². The van der Waals surface area contributed by atoms with Crippen LogP contribution in [0.2, 0.25) is 5.02 Å². The molecule has 17 heavy (non-hydrogen) atoms. The molecule has 0 aliphatic carbocycles. The fourth-order valence-electron chi connectivity index (χ4n) is 1.51. The van der Waals surface area contributed by atoms with Gasteiger partial charge in [0.25, 0.3) is 0 Å². The summed E-state index contributed by atoms with van der Waals surface area (Å²) in [6.45, 7) is 0. The molecule has 0 bridgehead atoms. The highest BCUT2D eigenvalue weighted by atomic mass is 35.5. The number of methoxy groups -OCH3 is 1. The summed E-state index contributed by atoms with van der Waals surface area (Å²) in [6.07, 6.45) is 2.99. The Labute approximate surface area is 108 Å². The molecule has 0 fully saturated rings. The molecule has 88 valence electrons. The molecule has 0 atom stereocenters. The van der Waals surface area contributed by atoms with Crippen LogP contribution in [-0.2, 0) is 6.42 Å². The second-order valence-electron chi connectivity index (χ2n) is 3.41. The molecular formula is C12H10ClNO2S. The summed E-state index contributed by atoms with van der Waals surface area (Å²) < 4.78 is 5.25. The molecule has 0 N–H and O–H groups in total. The van der Waals surface area contributed by atoms with E-state index >= 15 is 0 Å². The third-order valence-corrected chi connectivity index (χ3v) is 3.43. The maximum Gasteiger partial charge on any atom is 0.161 e. The molecule has 2 rings (SSSR count). The van der Waals surface area contributed by atoms with Gasteiger partial charge in [-0.05, 0) is 18.2 Å². The van der Waals surface area contributed by atoms with Gasteiger partial charge >= 0.3 is 0 Å². The highest BCUT2D eigenvalue weighted by Crippen LogP contribution is 2.26. The third-order valence-electron chi connectivity index (χ3n) is 2.27. The van der Waals surface area contributed by atoms with Gasteiger partial charge in [-0.1, -0.05) is 11.6 Å². The van der Waals surface area contributed by atoms with Gasteiger partial charge in [-0.3, -0.25) is 4.79 Å². The lowest BCUT2D eigenvalue weighted by Gasteiger charge is -2.07. The van der Waals surface area contributed by atoms with Crippen LogP contribution >= 0.6 is 22.9 Å². The van der Waals surface area contributed by atoms with E-state index in [-0.39, 0.29) is 0 Å². The summed E-state index contributed by atoms with van der Waals surface area (Å²) in [5.41, 5.74) is 0.965. The number of ether oxygens (including phenoxy) is 1. The number of hydrogen-bond acceptors (Lipinski definition) is 4. The van der Waals surface area contributed by atoms with Crippen LogP contribution in [0.25, 0.3) is 0 Å². The molecule has 2 aromatic rings. The van der Waals surface area contributed by atoms with Gasteiger partial charge < -0.3 is 4.74 Å². The first-order valence-electron chi connectivity index (χ1n) is 4.95. The Balaban J connectivity index is 2.28. The summed E-state index contributed by atoms with van der Waals surface area (Å²) >= 11 is 7.32. The molecule has 0 unspecified atom stereocenters. The molecule has 1 aromatic heterocycles. The van der Waals surface area contributed by atoms with Crippen molar-refractivity contribution in [3.8, 4) is 5.75 Å². The molecule has 5 heteroatoms. The zero-order valence-corrected chi connectivity index (χ0v) is 10.7. The van der Waals surface area contributed by atoms with E-state index in [0.29, 0.717) is 16.3 Å². The number of halogens is 1. The Bertz CT molecular complexity index is 539. The number of nitrogens with zero attached hydrogens (tertiary/aromatic N) is 1. The zero-order chi connectivity index (χ0) is 12.3. The summed E-state index contributed by atoms with van der Waals surface area (Å²) in [6, 6.07) is 5.46. The highest BCUT2D eigenvalue weighted by molar-refractivity contribution is 7.13. The topological polar surface area (TPSA) is 39.2 Å². The van der Waals surface area contributed by atoms with Crippen LogP contribution in [0.1, 0.15) is 20.2 Å². The van der Waals surface area contributed by atoms with Crippen LogP contribution in [0.15, 0.2) is 24.4 Å². The van der Waals surface area contributed by atoms with Crippen molar-refractivity contribution in [3.05, 3.63) is 44.9 Å². The van der Waals surface area contributed by atoms with Gasteiger partial charge in [-0.15, -0.1) is 11.3 Å². The smallest absolute Gasteiger partial charge is 0.161 e. The Hall–Kier alpha value is -1.39. The molecule has 1 heterocycles. The molecule has 3 nitrogen and oxygen atoms in total. The van der Waals surface area contributed by atoms with Crippen LogP contribution in [0.5, 0.6) is 5.75 Å². The van der Waals surface area contributed by atoms with Crippen molar-refractivity contribution in [3.63, 3.8) is 0 Å². The number of aldehydes is 1. The van der Waals surface area contributed by atoms with Gasteiger partial charge in [0, 0.05) is 23.2 Å². The standard InChI is InChI=1S/C12H10ClNO2S/c1-16-11-3-2-9(13)4-8(11)5-12-14-6-10(7-15)17-12/h2-4,6-7H,5H2,1H3. The largest absolute Gasteiger partial charge is 0.496 e.